The van der Waals surface area contributed by atoms with Crippen molar-refractivity contribution in [3.8, 4) is 5.75 Å². The third-order valence-corrected chi connectivity index (χ3v) is 7.74. The van der Waals surface area contributed by atoms with Gasteiger partial charge < -0.3 is 4.74 Å². The summed E-state index contributed by atoms with van der Waals surface area (Å²) in [6, 6.07) is 18.7. The zero-order valence-electron chi connectivity index (χ0n) is 18.2. The number of nitrogens with zero attached hydrogens (tertiary/aromatic N) is 3. The Morgan fingerprint density at radius 2 is 1.72 bits per heavy atom. The molecular formula is C26H26N4OS. The highest BCUT2D eigenvalue weighted by atomic mass is 32.1. The lowest BCUT2D eigenvalue weighted by Gasteiger charge is -2.31. The fourth-order valence-corrected chi connectivity index (χ4v) is 6.18. The molecule has 32 heavy (non-hydrogen) atoms. The minimum absolute atomic E-state index is 0.0793. The van der Waals surface area contributed by atoms with Gasteiger partial charge >= 0.3 is 0 Å². The zero-order valence-corrected chi connectivity index (χ0v) is 19.0. The van der Waals surface area contributed by atoms with Crippen LogP contribution in [0, 0.1) is 0 Å². The van der Waals surface area contributed by atoms with Gasteiger partial charge in [-0.2, -0.15) is 5.10 Å². The summed E-state index contributed by atoms with van der Waals surface area (Å²) in [6.45, 7) is 0. The van der Waals surface area contributed by atoms with Crippen LogP contribution in [-0.4, -0.2) is 23.7 Å². The van der Waals surface area contributed by atoms with E-state index in [9.17, 15) is 0 Å². The molecule has 2 aliphatic heterocycles. The number of amidine groups is 2. The SMILES string of the molecule is COc1ccc(C2=Nc3sc4c(c3C3=NNC(c5ccccc5)N23)CCCCCC4)cc1. The Kier molecular flexibility index (Phi) is 4.95. The molecule has 0 bridgehead atoms. The van der Waals surface area contributed by atoms with Crippen molar-refractivity contribution in [1.29, 1.82) is 0 Å². The average molecular weight is 443 g/mol. The van der Waals surface area contributed by atoms with Crippen LogP contribution in [0.4, 0.5) is 5.00 Å². The van der Waals surface area contributed by atoms with Gasteiger partial charge in [0.25, 0.3) is 0 Å². The number of benzene rings is 2. The third kappa shape index (κ3) is 3.21. The number of aliphatic imine (C=N–C) groups is 1. The Morgan fingerprint density at radius 1 is 0.938 bits per heavy atom. The van der Waals surface area contributed by atoms with Crippen LogP contribution in [0.3, 0.4) is 0 Å². The number of methoxy groups -OCH3 is 1. The summed E-state index contributed by atoms with van der Waals surface area (Å²) in [5, 5.41) is 6.00. The normalized spacial score (nSPS) is 19.5. The number of hydrazone groups is 1. The van der Waals surface area contributed by atoms with Crippen molar-refractivity contribution in [2.45, 2.75) is 44.7 Å². The van der Waals surface area contributed by atoms with Gasteiger partial charge in [0.2, 0.25) is 0 Å². The summed E-state index contributed by atoms with van der Waals surface area (Å²) < 4.78 is 5.38. The number of fused-ring (bicyclic) bond motifs is 5. The minimum Gasteiger partial charge on any atom is -0.497 e. The molecule has 6 rings (SSSR count). The Hall–Kier alpha value is -3.12. The smallest absolute Gasteiger partial charge is 0.166 e. The maximum Gasteiger partial charge on any atom is 0.166 e. The number of hydrogen-bond donors (Lipinski definition) is 1. The largest absolute Gasteiger partial charge is 0.497 e. The molecule has 1 aromatic heterocycles. The van der Waals surface area contributed by atoms with E-state index in [0.717, 1.165) is 40.8 Å². The van der Waals surface area contributed by atoms with Gasteiger partial charge in [-0.1, -0.05) is 43.2 Å². The number of rotatable bonds is 3. The van der Waals surface area contributed by atoms with Crippen molar-refractivity contribution in [3.63, 3.8) is 0 Å². The summed E-state index contributed by atoms with van der Waals surface area (Å²) in [5.41, 5.74) is 8.37. The quantitative estimate of drug-likeness (QED) is 0.560. The van der Waals surface area contributed by atoms with Crippen molar-refractivity contribution in [1.82, 2.24) is 10.3 Å². The second-order valence-electron chi connectivity index (χ2n) is 8.51. The molecule has 162 valence electrons. The van der Waals surface area contributed by atoms with Crippen molar-refractivity contribution in [2.24, 2.45) is 10.1 Å². The molecule has 0 saturated heterocycles. The van der Waals surface area contributed by atoms with Gasteiger partial charge in [-0.25, -0.2) is 4.99 Å². The van der Waals surface area contributed by atoms with Crippen molar-refractivity contribution >= 4 is 28.0 Å². The molecule has 0 radical (unpaired) electrons. The molecule has 3 aliphatic rings. The van der Waals surface area contributed by atoms with Crippen molar-refractivity contribution < 1.29 is 4.74 Å². The van der Waals surface area contributed by atoms with Gasteiger partial charge in [0.15, 0.2) is 5.84 Å². The van der Waals surface area contributed by atoms with E-state index in [-0.39, 0.29) is 6.17 Å². The topological polar surface area (TPSA) is 49.2 Å². The number of thiophene rings is 1. The van der Waals surface area contributed by atoms with E-state index in [1.807, 2.05) is 23.5 Å². The van der Waals surface area contributed by atoms with Gasteiger partial charge in [-0.3, -0.25) is 10.3 Å². The van der Waals surface area contributed by atoms with Crippen LogP contribution in [0.5, 0.6) is 5.75 Å². The highest BCUT2D eigenvalue weighted by Gasteiger charge is 2.40. The van der Waals surface area contributed by atoms with Gasteiger partial charge in [0.1, 0.15) is 22.8 Å². The third-order valence-electron chi connectivity index (χ3n) is 6.55. The molecular weight excluding hydrogens is 416 g/mol. The second-order valence-corrected chi connectivity index (χ2v) is 9.59. The van der Waals surface area contributed by atoms with Crippen LogP contribution >= 0.6 is 11.3 Å². The number of hydrogen-bond acceptors (Lipinski definition) is 6. The summed E-state index contributed by atoms with van der Waals surface area (Å²) in [7, 11) is 1.70. The monoisotopic (exact) mass is 442 g/mol. The van der Waals surface area contributed by atoms with E-state index in [1.165, 1.54) is 47.3 Å². The van der Waals surface area contributed by atoms with E-state index in [1.54, 1.807) is 7.11 Å². The highest BCUT2D eigenvalue weighted by Crippen LogP contribution is 2.45. The Labute approximate surface area is 192 Å². The molecule has 1 unspecified atom stereocenters. The van der Waals surface area contributed by atoms with Crippen LogP contribution in [0.2, 0.25) is 0 Å². The molecule has 1 atom stereocenters. The molecule has 6 heteroatoms. The molecule has 0 fully saturated rings. The van der Waals surface area contributed by atoms with E-state index in [0.29, 0.717) is 0 Å². The highest BCUT2D eigenvalue weighted by molar-refractivity contribution is 7.16. The predicted octanol–water partition coefficient (Wildman–Crippen LogP) is 5.77. The van der Waals surface area contributed by atoms with Crippen molar-refractivity contribution in [3.05, 3.63) is 81.7 Å². The summed E-state index contributed by atoms with van der Waals surface area (Å²) in [6.07, 6.45) is 7.35. The van der Waals surface area contributed by atoms with E-state index in [4.69, 9.17) is 14.8 Å². The molecule has 2 aromatic carbocycles. The number of aryl methyl sites for hydroxylation is 1. The summed E-state index contributed by atoms with van der Waals surface area (Å²) in [5.74, 6) is 2.79. The standard InChI is InChI=1S/C26H26N4OS/c1-31-19-15-13-18(14-16-19)23-27-26-22(20-11-7-2-3-8-12-21(20)32-26)25-29-28-24(30(23)25)17-9-5-4-6-10-17/h4-6,9-10,13-16,24,28H,2-3,7-8,11-12H2,1H3. The fraction of sp³-hybridized carbons (Fsp3) is 0.308. The maximum absolute atomic E-state index is 5.38. The molecule has 1 N–H and O–H groups in total. The summed E-state index contributed by atoms with van der Waals surface area (Å²) in [4.78, 5) is 9.04. The maximum atomic E-state index is 5.38. The van der Waals surface area contributed by atoms with Gasteiger partial charge in [0.05, 0.1) is 12.7 Å². The first-order valence-electron chi connectivity index (χ1n) is 11.4. The fourth-order valence-electron chi connectivity index (χ4n) is 4.92. The molecule has 3 heterocycles. The molecule has 3 aromatic rings. The van der Waals surface area contributed by atoms with Crippen LogP contribution in [0.1, 0.15) is 59.0 Å². The molecule has 0 spiro atoms. The number of nitrogens with one attached hydrogen (secondary N) is 1. The van der Waals surface area contributed by atoms with Crippen LogP contribution in [0.15, 0.2) is 64.7 Å². The first kappa shape index (κ1) is 19.6. The first-order valence-corrected chi connectivity index (χ1v) is 12.2. The predicted molar refractivity (Wildman–Crippen MR) is 130 cm³/mol. The lowest BCUT2D eigenvalue weighted by molar-refractivity contribution is 0.414. The van der Waals surface area contributed by atoms with Crippen LogP contribution in [-0.2, 0) is 12.8 Å². The molecule has 0 saturated carbocycles. The Bertz CT molecular complexity index is 1200. The van der Waals surface area contributed by atoms with E-state index in [2.05, 4.69) is 52.8 Å². The Balaban J connectivity index is 1.51. The summed E-state index contributed by atoms with van der Waals surface area (Å²) >= 11 is 1.86. The van der Waals surface area contributed by atoms with Gasteiger partial charge in [-0.05, 0) is 61.1 Å². The van der Waals surface area contributed by atoms with Gasteiger partial charge in [-0.15, -0.1) is 11.3 Å². The van der Waals surface area contributed by atoms with Gasteiger partial charge in [0, 0.05) is 10.4 Å². The molecule has 5 nitrogen and oxygen atoms in total. The number of ether oxygens (including phenoxy) is 1. The zero-order chi connectivity index (χ0) is 21.5. The average Bonchev–Trinajstić information content (AvgIpc) is 3.40. The molecule has 1 aliphatic carbocycles. The van der Waals surface area contributed by atoms with Crippen LogP contribution in [0.25, 0.3) is 0 Å². The lowest BCUT2D eigenvalue weighted by atomic mass is 9.95. The van der Waals surface area contributed by atoms with Crippen LogP contribution < -0.4 is 10.2 Å². The molecule has 0 amide bonds. The first-order chi connectivity index (χ1) is 15.8. The van der Waals surface area contributed by atoms with E-state index >= 15 is 0 Å². The lowest BCUT2D eigenvalue weighted by Crippen LogP contribution is -2.41. The van der Waals surface area contributed by atoms with Crippen molar-refractivity contribution in [2.75, 3.05) is 7.11 Å². The van der Waals surface area contributed by atoms with E-state index < -0.39 is 0 Å². The minimum atomic E-state index is -0.0793. The second kappa shape index (κ2) is 8.10. The Morgan fingerprint density at radius 3 is 2.50 bits per heavy atom.